The summed E-state index contributed by atoms with van der Waals surface area (Å²) in [7, 11) is 0. The van der Waals surface area contributed by atoms with Crippen molar-refractivity contribution >= 4 is 23.6 Å². The number of carbonyl (C=O) groups excluding carboxylic acids is 2. The van der Waals surface area contributed by atoms with E-state index in [2.05, 4.69) is 29.6 Å². The van der Waals surface area contributed by atoms with E-state index in [9.17, 15) is 9.59 Å². The lowest BCUT2D eigenvalue weighted by Crippen LogP contribution is -2.40. The highest BCUT2D eigenvalue weighted by Gasteiger charge is 2.58. The minimum Gasteiger partial charge on any atom is -0.356 e. The van der Waals surface area contributed by atoms with Crippen LogP contribution in [0.5, 0.6) is 0 Å². The molecule has 142 valence electrons. The molecule has 1 spiro atoms. The van der Waals surface area contributed by atoms with Crippen LogP contribution in [0.2, 0.25) is 0 Å². The molecule has 1 N–H and O–H groups in total. The molecule has 1 aliphatic heterocycles. The van der Waals surface area contributed by atoms with Crippen molar-refractivity contribution in [1.29, 1.82) is 0 Å². The monoisotopic (exact) mass is 374 g/mol. The van der Waals surface area contributed by atoms with Crippen LogP contribution in [-0.4, -0.2) is 48.4 Å². The predicted octanol–water partition coefficient (Wildman–Crippen LogP) is 3.12. The van der Waals surface area contributed by atoms with Gasteiger partial charge in [-0.1, -0.05) is 30.3 Å². The first-order valence-electron chi connectivity index (χ1n) is 9.73. The standard InChI is InChI=1S/C21H30N2O2S/c1-26-15-9-19(24)23-13-10-21(11-14-23)16-18(21)20(25)22-12-5-8-17-6-3-2-4-7-17/h2-4,6-7,18H,5,8-16H2,1H3,(H,22,25). The molecular formula is C21H30N2O2S. The Balaban J connectivity index is 1.34. The van der Waals surface area contributed by atoms with Gasteiger partial charge in [-0.2, -0.15) is 11.8 Å². The molecule has 4 nitrogen and oxygen atoms in total. The Kier molecular flexibility index (Phi) is 6.63. The predicted molar refractivity (Wildman–Crippen MR) is 107 cm³/mol. The van der Waals surface area contributed by atoms with Gasteiger partial charge in [-0.15, -0.1) is 0 Å². The lowest BCUT2D eigenvalue weighted by molar-refractivity contribution is -0.132. The summed E-state index contributed by atoms with van der Waals surface area (Å²) >= 11 is 1.72. The average Bonchev–Trinajstić information content (AvgIpc) is 3.38. The third kappa shape index (κ3) is 4.81. The summed E-state index contributed by atoms with van der Waals surface area (Å²) in [5.74, 6) is 1.56. The molecule has 1 unspecified atom stereocenters. The molecule has 5 heteroatoms. The smallest absolute Gasteiger partial charge is 0.223 e. The van der Waals surface area contributed by atoms with Crippen LogP contribution in [0, 0.1) is 11.3 Å². The minimum atomic E-state index is 0.169. The Hall–Kier alpha value is -1.49. The molecule has 1 saturated heterocycles. The molecule has 2 amide bonds. The van der Waals surface area contributed by atoms with Gasteiger partial charge in [0.1, 0.15) is 0 Å². The van der Waals surface area contributed by atoms with Crippen molar-refractivity contribution in [3.8, 4) is 0 Å². The minimum absolute atomic E-state index is 0.169. The van der Waals surface area contributed by atoms with E-state index < -0.39 is 0 Å². The first-order valence-corrected chi connectivity index (χ1v) is 11.1. The van der Waals surface area contributed by atoms with E-state index in [0.717, 1.165) is 57.5 Å². The lowest BCUT2D eigenvalue weighted by atomic mass is 9.90. The number of nitrogens with one attached hydrogen (secondary N) is 1. The van der Waals surface area contributed by atoms with Crippen LogP contribution in [0.1, 0.15) is 37.7 Å². The van der Waals surface area contributed by atoms with Crippen LogP contribution in [0.15, 0.2) is 30.3 Å². The third-order valence-corrected chi connectivity index (χ3v) is 6.53. The molecule has 1 saturated carbocycles. The summed E-state index contributed by atoms with van der Waals surface area (Å²) in [6.07, 6.45) is 7.63. The lowest BCUT2D eigenvalue weighted by Gasteiger charge is -2.33. The molecular weight excluding hydrogens is 344 g/mol. The number of benzene rings is 1. The molecule has 1 aromatic carbocycles. The fourth-order valence-electron chi connectivity index (χ4n) is 4.09. The van der Waals surface area contributed by atoms with Gasteiger partial charge in [0, 0.05) is 37.7 Å². The van der Waals surface area contributed by atoms with E-state index in [1.165, 1.54) is 5.56 Å². The maximum atomic E-state index is 12.5. The van der Waals surface area contributed by atoms with E-state index in [-0.39, 0.29) is 23.1 Å². The van der Waals surface area contributed by atoms with Gasteiger partial charge in [0.2, 0.25) is 11.8 Å². The largest absolute Gasteiger partial charge is 0.356 e. The second-order valence-electron chi connectivity index (χ2n) is 7.62. The van der Waals surface area contributed by atoms with Crippen LogP contribution < -0.4 is 5.32 Å². The topological polar surface area (TPSA) is 49.4 Å². The van der Waals surface area contributed by atoms with Crippen molar-refractivity contribution in [3.05, 3.63) is 35.9 Å². The molecule has 2 aliphatic rings. The Morgan fingerprint density at radius 2 is 1.96 bits per heavy atom. The van der Waals surface area contributed by atoms with E-state index in [0.29, 0.717) is 6.42 Å². The van der Waals surface area contributed by atoms with Crippen molar-refractivity contribution in [2.45, 2.75) is 38.5 Å². The highest BCUT2D eigenvalue weighted by Crippen LogP contribution is 2.59. The zero-order valence-electron chi connectivity index (χ0n) is 15.7. The first kappa shape index (κ1) is 19.3. The number of carbonyl (C=O) groups is 2. The Morgan fingerprint density at radius 1 is 1.23 bits per heavy atom. The van der Waals surface area contributed by atoms with Crippen LogP contribution in [-0.2, 0) is 16.0 Å². The van der Waals surface area contributed by atoms with Gasteiger partial charge in [-0.25, -0.2) is 0 Å². The van der Waals surface area contributed by atoms with E-state index in [1.807, 2.05) is 17.2 Å². The summed E-state index contributed by atoms with van der Waals surface area (Å²) in [5.41, 5.74) is 1.50. The van der Waals surface area contributed by atoms with Crippen LogP contribution in [0.3, 0.4) is 0 Å². The molecule has 1 heterocycles. The van der Waals surface area contributed by atoms with Crippen LogP contribution in [0.4, 0.5) is 0 Å². The number of amides is 2. The molecule has 1 aliphatic carbocycles. The third-order valence-electron chi connectivity index (χ3n) is 5.92. The van der Waals surface area contributed by atoms with Crippen molar-refractivity contribution in [2.24, 2.45) is 11.3 Å². The number of likely N-dealkylation sites (tertiary alicyclic amines) is 1. The highest BCUT2D eigenvalue weighted by atomic mass is 32.2. The summed E-state index contributed by atoms with van der Waals surface area (Å²) in [6.45, 7) is 2.40. The molecule has 0 aromatic heterocycles. The van der Waals surface area contributed by atoms with Crippen LogP contribution >= 0.6 is 11.8 Å². The normalized spacial score (nSPS) is 20.8. The zero-order valence-corrected chi connectivity index (χ0v) is 16.5. The summed E-state index contributed by atoms with van der Waals surface area (Å²) in [4.78, 5) is 26.6. The van der Waals surface area contributed by atoms with Gasteiger partial charge >= 0.3 is 0 Å². The summed E-state index contributed by atoms with van der Waals surface area (Å²) in [5, 5.41) is 3.13. The second-order valence-corrected chi connectivity index (χ2v) is 8.61. The first-order chi connectivity index (χ1) is 12.6. The number of thioether (sulfide) groups is 1. The van der Waals surface area contributed by atoms with E-state index in [4.69, 9.17) is 0 Å². The Bertz CT molecular complexity index is 612. The number of piperidine rings is 1. The number of rotatable bonds is 8. The molecule has 0 radical (unpaired) electrons. The van der Waals surface area contributed by atoms with Gasteiger partial charge in [-0.3, -0.25) is 9.59 Å². The van der Waals surface area contributed by atoms with Gasteiger partial charge < -0.3 is 10.2 Å². The summed E-state index contributed by atoms with van der Waals surface area (Å²) < 4.78 is 0. The number of hydrogen-bond acceptors (Lipinski definition) is 3. The maximum absolute atomic E-state index is 12.5. The van der Waals surface area contributed by atoms with Crippen molar-refractivity contribution in [3.63, 3.8) is 0 Å². The van der Waals surface area contributed by atoms with E-state index >= 15 is 0 Å². The van der Waals surface area contributed by atoms with Crippen LogP contribution in [0.25, 0.3) is 0 Å². The van der Waals surface area contributed by atoms with Gasteiger partial charge in [0.05, 0.1) is 0 Å². The van der Waals surface area contributed by atoms with Crippen molar-refractivity contribution < 1.29 is 9.59 Å². The fraction of sp³-hybridized carbons (Fsp3) is 0.619. The Labute approximate surface area is 161 Å². The number of hydrogen-bond donors (Lipinski definition) is 1. The van der Waals surface area contributed by atoms with Crippen molar-refractivity contribution in [2.75, 3.05) is 31.6 Å². The Morgan fingerprint density at radius 3 is 2.65 bits per heavy atom. The molecule has 0 bridgehead atoms. The average molecular weight is 375 g/mol. The quantitative estimate of drug-likeness (QED) is 0.711. The number of aryl methyl sites for hydroxylation is 1. The SMILES string of the molecule is CSCCC(=O)N1CCC2(CC1)CC2C(=O)NCCCc1ccccc1. The van der Waals surface area contributed by atoms with Crippen molar-refractivity contribution in [1.82, 2.24) is 10.2 Å². The zero-order chi connectivity index (χ0) is 18.4. The van der Waals surface area contributed by atoms with E-state index in [1.54, 1.807) is 11.8 Å². The second kappa shape index (κ2) is 8.94. The maximum Gasteiger partial charge on any atom is 0.223 e. The molecule has 2 fully saturated rings. The molecule has 1 aromatic rings. The molecule has 26 heavy (non-hydrogen) atoms. The highest BCUT2D eigenvalue weighted by molar-refractivity contribution is 7.98. The fourth-order valence-corrected chi connectivity index (χ4v) is 4.47. The van der Waals surface area contributed by atoms with Gasteiger partial charge in [-0.05, 0) is 49.3 Å². The van der Waals surface area contributed by atoms with Gasteiger partial charge in [0.25, 0.3) is 0 Å². The molecule has 1 atom stereocenters. The number of nitrogens with zero attached hydrogens (tertiary/aromatic N) is 1. The summed E-state index contributed by atoms with van der Waals surface area (Å²) in [6, 6.07) is 10.4. The van der Waals surface area contributed by atoms with Gasteiger partial charge in [0.15, 0.2) is 0 Å². The molecule has 3 rings (SSSR count).